The lowest BCUT2D eigenvalue weighted by Gasteiger charge is -2.18. The highest BCUT2D eigenvalue weighted by Crippen LogP contribution is 2.28. The Kier molecular flexibility index (Phi) is 4.58. The summed E-state index contributed by atoms with van der Waals surface area (Å²) >= 11 is 6.13. The van der Waals surface area contributed by atoms with Crippen LogP contribution in [0.1, 0.15) is 22.9 Å². The Bertz CT molecular complexity index is 647. The second kappa shape index (κ2) is 6.07. The molecular formula is C14H15ClF3N3. The number of aromatic nitrogens is 2. The minimum atomic E-state index is -0.945. The molecule has 1 aromatic carbocycles. The molecule has 3 nitrogen and oxygen atoms in total. The summed E-state index contributed by atoms with van der Waals surface area (Å²) in [5, 5.41) is 7.41. The zero-order valence-corrected chi connectivity index (χ0v) is 12.6. The fourth-order valence-electron chi connectivity index (χ4n) is 2.34. The molecule has 21 heavy (non-hydrogen) atoms. The highest BCUT2D eigenvalue weighted by molar-refractivity contribution is 6.30. The number of halogens is 4. The topological polar surface area (TPSA) is 29.9 Å². The van der Waals surface area contributed by atoms with Crippen LogP contribution in [-0.2, 0) is 13.5 Å². The fraction of sp³-hybridized carbons (Fsp3) is 0.357. The molecule has 0 saturated carbocycles. The first kappa shape index (κ1) is 15.9. The Balaban J connectivity index is 2.41. The Morgan fingerprint density at radius 2 is 1.86 bits per heavy atom. The number of rotatable bonds is 4. The molecule has 0 aliphatic heterocycles. The van der Waals surface area contributed by atoms with E-state index in [0.717, 1.165) is 0 Å². The van der Waals surface area contributed by atoms with Crippen LogP contribution in [0.25, 0.3) is 0 Å². The van der Waals surface area contributed by atoms with Crippen molar-refractivity contribution in [2.45, 2.75) is 19.4 Å². The number of likely N-dealkylation sites (N-methyl/N-ethyl adjacent to an activating group) is 1. The molecule has 0 saturated heterocycles. The fourth-order valence-corrected chi connectivity index (χ4v) is 2.60. The van der Waals surface area contributed by atoms with E-state index in [1.165, 1.54) is 4.68 Å². The average Bonchev–Trinajstić information content (AvgIpc) is 2.62. The normalized spacial score (nSPS) is 12.7. The van der Waals surface area contributed by atoms with Crippen LogP contribution in [0.5, 0.6) is 0 Å². The zero-order valence-electron chi connectivity index (χ0n) is 11.8. The molecule has 0 amide bonds. The minimum Gasteiger partial charge on any atom is -0.313 e. The minimum absolute atomic E-state index is 0.210. The average molecular weight is 318 g/mol. The van der Waals surface area contributed by atoms with Crippen molar-refractivity contribution >= 4 is 11.6 Å². The first-order valence-corrected chi connectivity index (χ1v) is 6.72. The van der Waals surface area contributed by atoms with Crippen LogP contribution in [-0.4, -0.2) is 16.8 Å². The van der Waals surface area contributed by atoms with Crippen molar-refractivity contribution in [1.29, 1.82) is 0 Å². The van der Waals surface area contributed by atoms with E-state index in [9.17, 15) is 13.2 Å². The van der Waals surface area contributed by atoms with E-state index < -0.39 is 23.5 Å². The van der Waals surface area contributed by atoms with Gasteiger partial charge < -0.3 is 5.32 Å². The molecule has 0 radical (unpaired) electrons. The number of nitrogens with zero attached hydrogens (tertiary/aromatic N) is 2. The van der Waals surface area contributed by atoms with Crippen LogP contribution in [0.3, 0.4) is 0 Å². The molecule has 1 heterocycles. The van der Waals surface area contributed by atoms with E-state index in [1.54, 1.807) is 21.0 Å². The Hall–Kier alpha value is -1.53. The molecule has 2 aromatic rings. The third kappa shape index (κ3) is 3.06. The maximum absolute atomic E-state index is 13.9. The SMILES string of the molecule is CNC(Cc1c(C)nn(C)c1Cl)c1c(F)cc(F)cc1F. The predicted molar refractivity (Wildman–Crippen MR) is 74.8 cm³/mol. The number of benzene rings is 1. The van der Waals surface area contributed by atoms with Gasteiger partial charge in [-0.15, -0.1) is 0 Å². The summed E-state index contributed by atoms with van der Waals surface area (Å²) in [7, 11) is 3.26. The summed E-state index contributed by atoms with van der Waals surface area (Å²) < 4.78 is 42.3. The standard InChI is InChI=1S/C14H15ClF3N3/c1-7-9(14(15)21(3)20-7)6-12(19-2)13-10(17)4-8(16)5-11(13)18/h4-5,12,19H,6H2,1-3H3. The maximum atomic E-state index is 13.9. The maximum Gasteiger partial charge on any atom is 0.133 e. The Labute approximate surface area is 125 Å². The van der Waals surface area contributed by atoms with E-state index in [0.29, 0.717) is 28.5 Å². The second-order valence-corrected chi connectivity index (χ2v) is 5.16. The molecule has 0 spiro atoms. The van der Waals surface area contributed by atoms with Crippen molar-refractivity contribution in [3.63, 3.8) is 0 Å². The number of hydrogen-bond acceptors (Lipinski definition) is 2. The number of nitrogens with one attached hydrogen (secondary N) is 1. The van der Waals surface area contributed by atoms with E-state index >= 15 is 0 Å². The van der Waals surface area contributed by atoms with Crippen molar-refractivity contribution in [2.75, 3.05) is 7.05 Å². The van der Waals surface area contributed by atoms with Crippen LogP contribution in [0.4, 0.5) is 13.2 Å². The van der Waals surface area contributed by atoms with Gasteiger partial charge in [0.15, 0.2) is 0 Å². The van der Waals surface area contributed by atoms with E-state index in [-0.39, 0.29) is 12.0 Å². The third-order valence-electron chi connectivity index (χ3n) is 3.42. The molecule has 1 aromatic heterocycles. The lowest BCUT2D eigenvalue weighted by molar-refractivity contribution is 0.474. The first-order valence-electron chi connectivity index (χ1n) is 6.34. The molecule has 0 fully saturated rings. The van der Waals surface area contributed by atoms with Gasteiger partial charge in [-0.2, -0.15) is 5.10 Å². The largest absolute Gasteiger partial charge is 0.313 e. The van der Waals surface area contributed by atoms with Crippen LogP contribution < -0.4 is 5.32 Å². The van der Waals surface area contributed by atoms with Crippen LogP contribution in [0.15, 0.2) is 12.1 Å². The summed E-state index contributed by atoms with van der Waals surface area (Å²) in [6, 6.07) is 0.659. The van der Waals surface area contributed by atoms with Gasteiger partial charge in [-0.25, -0.2) is 13.2 Å². The molecule has 114 valence electrons. The molecule has 1 N–H and O–H groups in total. The van der Waals surface area contributed by atoms with Crippen LogP contribution >= 0.6 is 11.6 Å². The van der Waals surface area contributed by atoms with Gasteiger partial charge in [0.1, 0.15) is 22.6 Å². The van der Waals surface area contributed by atoms with Gasteiger partial charge in [0.2, 0.25) is 0 Å². The second-order valence-electron chi connectivity index (χ2n) is 4.81. The summed E-state index contributed by atoms with van der Waals surface area (Å²) in [5.74, 6) is -2.80. The highest BCUT2D eigenvalue weighted by Gasteiger charge is 2.23. The number of hydrogen-bond donors (Lipinski definition) is 1. The molecule has 0 aliphatic rings. The summed E-state index contributed by atoms with van der Waals surface area (Å²) in [6.45, 7) is 1.77. The molecule has 0 bridgehead atoms. The van der Waals surface area contributed by atoms with Crippen molar-refractivity contribution in [1.82, 2.24) is 15.1 Å². The van der Waals surface area contributed by atoms with E-state index in [4.69, 9.17) is 11.6 Å². The van der Waals surface area contributed by atoms with Crippen LogP contribution in [0, 0.1) is 24.4 Å². The summed E-state index contributed by atoms with van der Waals surface area (Å²) in [4.78, 5) is 0. The van der Waals surface area contributed by atoms with E-state index in [2.05, 4.69) is 10.4 Å². The zero-order chi connectivity index (χ0) is 15.7. The Morgan fingerprint density at radius 1 is 1.29 bits per heavy atom. The Morgan fingerprint density at radius 3 is 2.29 bits per heavy atom. The van der Waals surface area contributed by atoms with E-state index in [1.807, 2.05) is 0 Å². The van der Waals surface area contributed by atoms with Crippen molar-refractivity contribution < 1.29 is 13.2 Å². The lowest BCUT2D eigenvalue weighted by atomic mass is 9.98. The summed E-state index contributed by atoms with van der Waals surface area (Å²) in [6.07, 6.45) is 0.245. The third-order valence-corrected chi connectivity index (χ3v) is 3.89. The lowest BCUT2D eigenvalue weighted by Crippen LogP contribution is -2.22. The van der Waals surface area contributed by atoms with Crippen molar-refractivity contribution in [3.8, 4) is 0 Å². The number of aryl methyl sites for hydroxylation is 2. The van der Waals surface area contributed by atoms with Gasteiger partial charge in [-0.05, 0) is 20.4 Å². The van der Waals surface area contributed by atoms with Gasteiger partial charge in [0.25, 0.3) is 0 Å². The monoisotopic (exact) mass is 317 g/mol. The smallest absolute Gasteiger partial charge is 0.133 e. The summed E-state index contributed by atoms with van der Waals surface area (Å²) in [5.41, 5.74) is 1.17. The molecule has 7 heteroatoms. The van der Waals surface area contributed by atoms with Crippen molar-refractivity contribution in [2.24, 2.45) is 7.05 Å². The quantitative estimate of drug-likeness (QED) is 0.937. The van der Waals surface area contributed by atoms with Gasteiger partial charge in [-0.3, -0.25) is 4.68 Å². The van der Waals surface area contributed by atoms with Crippen molar-refractivity contribution in [3.05, 3.63) is 51.6 Å². The van der Waals surface area contributed by atoms with Gasteiger partial charge in [0, 0.05) is 36.3 Å². The first-order chi connectivity index (χ1) is 9.85. The van der Waals surface area contributed by atoms with Gasteiger partial charge in [0.05, 0.1) is 5.69 Å². The van der Waals surface area contributed by atoms with Crippen LogP contribution in [0.2, 0.25) is 5.15 Å². The molecule has 1 unspecified atom stereocenters. The van der Waals surface area contributed by atoms with Gasteiger partial charge >= 0.3 is 0 Å². The predicted octanol–water partition coefficient (Wildman–Crippen LogP) is 3.30. The molecule has 0 aliphatic carbocycles. The highest BCUT2D eigenvalue weighted by atomic mass is 35.5. The van der Waals surface area contributed by atoms with Gasteiger partial charge in [-0.1, -0.05) is 11.6 Å². The molecule has 2 rings (SSSR count). The molecular weight excluding hydrogens is 303 g/mol. The molecule has 1 atom stereocenters.